The Balaban J connectivity index is 2.79. The van der Waals surface area contributed by atoms with Gasteiger partial charge < -0.3 is 4.74 Å². The average molecular weight is 171 g/mol. The number of fused-ring (bicyclic) bond motifs is 1. The SMILES string of the molecule is COc1ccc2c[c]ccc2c1C. The second-order valence-corrected chi connectivity index (χ2v) is 3.04. The fourth-order valence-electron chi connectivity index (χ4n) is 1.57. The van der Waals surface area contributed by atoms with E-state index in [1.54, 1.807) is 7.11 Å². The van der Waals surface area contributed by atoms with Crippen LogP contribution in [0.15, 0.2) is 30.3 Å². The lowest BCUT2D eigenvalue weighted by molar-refractivity contribution is 0.412. The molecule has 0 saturated heterocycles. The van der Waals surface area contributed by atoms with Gasteiger partial charge in [-0.15, -0.1) is 0 Å². The van der Waals surface area contributed by atoms with Gasteiger partial charge in [0, 0.05) is 0 Å². The number of benzene rings is 2. The zero-order valence-electron chi connectivity index (χ0n) is 7.79. The van der Waals surface area contributed by atoms with Crippen molar-refractivity contribution in [2.24, 2.45) is 0 Å². The Morgan fingerprint density at radius 3 is 2.85 bits per heavy atom. The molecular weight excluding hydrogens is 160 g/mol. The first kappa shape index (κ1) is 8.11. The topological polar surface area (TPSA) is 9.23 Å². The van der Waals surface area contributed by atoms with Gasteiger partial charge in [-0.2, -0.15) is 0 Å². The van der Waals surface area contributed by atoms with Crippen LogP contribution in [0.1, 0.15) is 5.56 Å². The third kappa shape index (κ3) is 1.26. The largest absolute Gasteiger partial charge is 0.496 e. The predicted octanol–water partition coefficient (Wildman–Crippen LogP) is 2.96. The van der Waals surface area contributed by atoms with Gasteiger partial charge in [-0.1, -0.05) is 18.2 Å². The van der Waals surface area contributed by atoms with Crippen LogP contribution in [0.25, 0.3) is 10.8 Å². The van der Waals surface area contributed by atoms with Crippen molar-refractivity contribution in [1.29, 1.82) is 0 Å². The zero-order valence-corrected chi connectivity index (χ0v) is 7.79. The first-order valence-electron chi connectivity index (χ1n) is 4.26. The second kappa shape index (κ2) is 3.09. The van der Waals surface area contributed by atoms with Crippen LogP contribution in [0.5, 0.6) is 5.75 Å². The van der Waals surface area contributed by atoms with Crippen molar-refractivity contribution in [3.05, 3.63) is 42.0 Å². The van der Waals surface area contributed by atoms with Gasteiger partial charge in [-0.25, -0.2) is 0 Å². The molecule has 0 spiro atoms. The lowest BCUT2D eigenvalue weighted by Crippen LogP contribution is -1.87. The summed E-state index contributed by atoms with van der Waals surface area (Å²) in [7, 11) is 1.70. The molecule has 0 aliphatic heterocycles. The molecule has 0 N–H and O–H groups in total. The summed E-state index contributed by atoms with van der Waals surface area (Å²) >= 11 is 0. The van der Waals surface area contributed by atoms with E-state index in [1.807, 2.05) is 18.2 Å². The molecule has 0 heterocycles. The van der Waals surface area contributed by atoms with Crippen molar-refractivity contribution >= 4 is 10.8 Å². The monoisotopic (exact) mass is 171 g/mol. The van der Waals surface area contributed by atoms with E-state index in [2.05, 4.69) is 25.1 Å². The Morgan fingerprint density at radius 2 is 2.08 bits per heavy atom. The van der Waals surface area contributed by atoms with E-state index in [9.17, 15) is 0 Å². The molecule has 0 unspecified atom stereocenters. The van der Waals surface area contributed by atoms with Crippen LogP contribution < -0.4 is 4.74 Å². The van der Waals surface area contributed by atoms with Gasteiger partial charge >= 0.3 is 0 Å². The molecule has 2 rings (SSSR count). The molecule has 2 aromatic rings. The standard InChI is InChI=1S/C12H11O/c1-9-11-6-4-3-5-10(11)7-8-12(9)13-2/h4-8H,1-2H3. The molecule has 1 heteroatoms. The number of aryl methyl sites for hydroxylation is 1. The molecule has 1 nitrogen and oxygen atoms in total. The van der Waals surface area contributed by atoms with Gasteiger partial charge in [0.2, 0.25) is 0 Å². The van der Waals surface area contributed by atoms with E-state index in [0.717, 1.165) is 5.75 Å². The molecule has 0 aliphatic rings. The Kier molecular flexibility index (Phi) is 1.93. The molecule has 0 fully saturated rings. The Labute approximate surface area is 78.0 Å². The maximum Gasteiger partial charge on any atom is 0.122 e. The third-order valence-corrected chi connectivity index (χ3v) is 2.30. The summed E-state index contributed by atoms with van der Waals surface area (Å²) in [6.45, 7) is 2.07. The summed E-state index contributed by atoms with van der Waals surface area (Å²) in [6, 6.07) is 13.1. The molecule has 0 saturated carbocycles. The van der Waals surface area contributed by atoms with Crippen LogP contribution in [0.2, 0.25) is 0 Å². The summed E-state index contributed by atoms with van der Waals surface area (Å²) in [5, 5.41) is 2.44. The molecule has 13 heavy (non-hydrogen) atoms. The molecule has 0 amide bonds. The van der Waals surface area contributed by atoms with Crippen molar-refractivity contribution in [3.63, 3.8) is 0 Å². The minimum Gasteiger partial charge on any atom is -0.496 e. The highest BCUT2D eigenvalue weighted by Gasteiger charge is 2.01. The molecular formula is C12H11O. The van der Waals surface area contributed by atoms with Crippen LogP contribution >= 0.6 is 0 Å². The first-order valence-corrected chi connectivity index (χ1v) is 4.26. The smallest absolute Gasteiger partial charge is 0.122 e. The van der Waals surface area contributed by atoms with Gasteiger partial charge in [0.25, 0.3) is 0 Å². The molecule has 0 aliphatic carbocycles. The van der Waals surface area contributed by atoms with Crippen molar-refractivity contribution in [3.8, 4) is 5.75 Å². The summed E-state index contributed by atoms with van der Waals surface area (Å²) in [5.41, 5.74) is 1.19. The van der Waals surface area contributed by atoms with Crippen molar-refractivity contribution < 1.29 is 4.74 Å². The number of hydrogen-bond donors (Lipinski definition) is 0. The third-order valence-electron chi connectivity index (χ3n) is 2.30. The molecule has 0 aromatic heterocycles. The normalized spacial score (nSPS) is 10.3. The van der Waals surface area contributed by atoms with Crippen LogP contribution in [-0.2, 0) is 0 Å². The maximum atomic E-state index is 5.24. The number of rotatable bonds is 1. The molecule has 0 bridgehead atoms. The fourth-order valence-corrected chi connectivity index (χ4v) is 1.57. The molecule has 65 valence electrons. The van der Waals surface area contributed by atoms with Crippen molar-refractivity contribution in [2.75, 3.05) is 7.11 Å². The van der Waals surface area contributed by atoms with Crippen molar-refractivity contribution in [1.82, 2.24) is 0 Å². The highest BCUT2D eigenvalue weighted by molar-refractivity contribution is 5.87. The highest BCUT2D eigenvalue weighted by atomic mass is 16.5. The zero-order chi connectivity index (χ0) is 9.26. The molecule has 2 aromatic carbocycles. The van der Waals surface area contributed by atoms with E-state index >= 15 is 0 Å². The number of ether oxygens (including phenoxy) is 1. The summed E-state index contributed by atoms with van der Waals surface area (Å²) in [5.74, 6) is 0.943. The van der Waals surface area contributed by atoms with Crippen LogP contribution in [0.4, 0.5) is 0 Å². The average Bonchev–Trinajstić information content (AvgIpc) is 2.19. The maximum absolute atomic E-state index is 5.24. The quantitative estimate of drug-likeness (QED) is 0.641. The van der Waals surface area contributed by atoms with Gasteiger partial charge in [0.05, 0.1) is 7.11 Å². The van der Waals surface area contributed by atoms with E-state index in [4.69, 9.17) is 4.74 Å². The second-order valence-electron chi connectivity index (χ2n) is 3.04. The summed E-state index contributed by atoms with van der Waals surface area (Å²) in [4.78, 5) is 0. The summed E-state index contributed by atoms with van der Waals surface area (Å²) < 4.78 is 5.24. The minimum atomic E-state index is 0.943. The van der Waals surface area contributed by atoms with Gasteiger partial charge in [-0.3, -0.25) is 0 Å². The van der Waals surface area contributed by atoms with E-state index in [0.29, 0.717) is 0 Å². The van der Waals surface area contributed by atoms with Crippen LogP contribution in [0.3, 0.4) is 0 Å². The summed E-state index contributed by atoms with van der Waals surface area (Å²) in [6.07, 6.45) is 0. The first-order chi connectivity index (χ1) is 6.33. The highest BCUT2D eigenvalue weighted by Crippen LogP contribution is 2.26. The Hall–Kier alpha value is -1.50. The lowest BCUT2D eigenvalue weighted by Gasteiger charge is -2.07. The predicted molar refractivity (Wildman–Crippen MR) is 54.1 cm³/mol. The van der Waals surface area contributed by atoms with E-state index in [-0.39, 0.29) is 0 Å². The van der Waals surface area contributed by atoms with Crippen LogP contribution in [0, 0.1) is 13.0 Å². The van der Waals surface area contributed by atoms with Crippen molar-refractivity contribution in [2.45, 2.75) is 6.92 Å². The number of hydrogen-bond acceptors (Lipinski definition) is 1. The Bertz CT molecular complexity index is 432. The van der Waals surface area contributed by atoms with Gasteiger partial charge in [0.1, 0.15) is 5.75 Å². The molecule has 0 atom stereocenters. The Morgan fingerprint density at radius 1 is 1.23 bits per heavy atom. The minimum absolute atomic E-state index is 0.943. The number of methoxy groups -OCH3 is 1. The van der Waals surface area contributed by atoms with Crippen LogP contribution in [-0.4, -0.2) is 7.11 Å². The van der Waals surface area contributed by atoms with E-state index < -0.39 is 0 Å². The van der Waals surface area contributed by atoms with Gasteiger partial charge in [0.15, 0.2) is 0 Å². The molecule has 1 radical (unpaired) electrons. The van der Waals surface area contributed by atoms with Gasteiger partial charge in [-0.05, 0) is 41.5 Å². The van der Waals surface area contributed by atoms with E-state index in [1.165, 1.54) is 16.3 Å². The fraction of sp³-hybridized carbons (Fsp3) is 0.167. The lowest BCUT2D eigenvalue weighted by atomic mass is 10.1.